The largest absolute Gasteiger partial charge is 0.504 e. The predicted molar refractivity (Wildman–Crippen MR) is 293 cm³/mol. The van der Waals surface area contributed by atoms with Crippen molar-refractivity contribution in [3.05, 3.63) is 194 Å². The second kappa shape index (κ2) is 28.3. The summed E-state index contributed by atoms with van der Waals surface area (Å²) >= 11 is 0. The minimum atomic E-state index is -1.15. The molecule has 3 aromatic carbocycles. The van der Waals surface area contributed by atoms with E-state index in [1.54, 1.807) is 57.2 Å². The number of furan rings is 3. The van der Waals surface area contributed by atoms with E-state index in [9.17, 15) is 61.7 Å². The third-order valence-electron chi connectivity index (χ3n) is 13.8. The Morgan fingerprint density at radius 2 is 0.894 bits per heavy atom. The van der Waals surface area contributed by atoms with E-state index in [4.69, 9.17) is 27.5 Å². The molecule has 6 aromatic rings. The number of likely N-dealkylation sites (N-methyl/N-ethyl adjacent to an activating group) is 1. The molecule has 4 amide bonds. The molecule has 3 fully saturated rings. The lowest BCUT2D eigenvalue weighted by atomic mass is 10.0. The summed E-state index contributed by atoms with van der Waals surface area (Å²) in [6, 6.07) is 22.0. The highest BCUT2D eigenvalue weighted by molar-refractivity contribution is 6.39. The number of hydrogen-bond donors (Lipinski definition) is 2. The van der Waals surface area contributed by atoms with Crippen LogP contribution in [0.1, 0.15) is 98.8 Å². The third kappa shape index (κ3) is 15.6. The zero-order chi connectivity index (χ0) is 60.9. The van der Waals surface area contributed by atoms with Crippen molar-refractivity contribution in [2.75, 3.05) is 99.6 Å². The first-order valence-electron chi connectivity index (χ1n) is 26.8. The van der Waals surface area contributed by atoms with Crippen LogP contribution in [-0.2, 0) is 52.6 Å². The molecule has 10 rings (SSSR count). The quantitative estimate of drug-likeness (QED) is 0.0354. The molecule has 4 aliphatic heterocycles. The monoisotopic (exact) mass is 1180 g/mol. The average Bonchev–Trinajstić information content (AvgIpc) is 4.22. The van der Waals surface area contributed by atoms with Gasteiger partial charge in [0.2, 0.25) is 5.78 Å². The van der Waals surface area contributed by atoms with Crippen LogP contribution in [0.4, 0.5) is 13.2 Å². The Bertz CT molecular complexity index is 3510. The summed E-state index contributed by atoms with van der Waals surface area (Å²) < 4.78 is 76.3. The molecule has 85 heavy (non-hydrogen) atoms. The highest BCUT2D eigenvalue weighted by Gasteiger charge is 2.36. The number of amides is 4. The normalized spacial score (nSPS) is 15.4. The summed E-state index contributed by atoms with van der Waals surface area (Å²) in [5.41, 5.74) is 3.58. The maximum Gasteiger partial charge on any atom is 0.378 e. The Morgan fingerprint density at radius 3 is 1.24 bits per heavy atom. The molecule has 446 valence electrons. The van der Waals surface area contributed by atoms with E-state index >= 15 is 0 Å². The van der Waals surface area contributed by atoms with E-state index in [2.05, 4.69) is 4.74 Å². The smallest absolute Gasteiger partial charge is 0.378 e. The third-order valence-corrected chi connectivity index (χ3v) is 13.8. The van der Waals surface area contributed by atoms with E-state index in [0.717, 1.165) is 12.7 Å². The van der Waals surface area contributed by atoms with Crippen LogP contribution in [0.3, 0.4) is 0 Å². The number of Topliss-reactive ketones (excluding diaryl/α,β-unsaturated/α-hetero) is 2. The summed E-state index contributed by atoms with van der Waals surface area (Å²) in [5.74, 6) is -7.13. The molecule has 21 nitrogen and oxygen atoms in total. The fraction of sp³-hybridized carbons (Fsp3) is 0.311. The van der Waals surface area contributed by atoms with Crippen LogP contribution >= 0.6 is 0 Å². The van der Waals surface area contributed by atoms with E-state index < -0.39 is 52.5 Å². The van der Waals surface area contributed by atoms with Crippen LogP contribution in [0.5, 0.6) is 0 Å². The highest BCUT2D eigenvalue weighted by atomic mass is 19.1. The van der Waals surface area contributed by atoms with Gasteiger partial charge in [-0.05, 0) is 71.3 Å². The Kier molecular flexibility index (Phi) is 20.5. The van der Waals surface area contributed by atoms with Gasteiger partial charge in [0.15, 0.2) is 51.9 Å². The van der Waals surface area contributed by atoms with Crippen molar-refractivity contribution < 1.29 is 93.9 Å². The van der Waals surface area contributed by atoms with Gasteiger partial charge < -0.3 is 62.0 Å². The first kappa shape index (κ1) is 61.7. The number of benzene rings is 3. The van der Waals surface area contributed by atoms with E-state index in [1.165, 1.54) is 67.4 Å². The number of esters is 1. The van der Waals surface area contributed by atoms with Gasteiger partial charge in [0.25, 0.3) is 29.4 Å². The van der Waals surface area contributed by atoms with Crippen LogP contribution in [0.15, 0.2) is 122 Å². The minimum absolute atomic E-state index is 0.0138. The number of rotatable bonds is 15. The number of ether oxygens (including phenoxy) is 4. The Labute approximate surface area is 484 Å². The second-order valence-corrected chi connectivity index (χ2v) is 19.8. The molecule has 2 N–H and O–H groups in total. The fourth-order valence-electron chi connectivity index (χ4n) is 9.30. The molecule has 4 aliphatic rings. The Balaban J connectivity index is 0.000000167. The van der Waals surface area contributed by atoms with E-state index in [1.807, 2.05) is 0 Å². The van der Waals surface area contributed by atoms with Crippen LogP contribution in [0.2, 0.25) is 0 Å². The van der Waals surface area contributed by atoms with Gasteiger partial charge in [0.05, 0.1) is 58.9 Å². The number of carbonyl (C=O) groups excluding carboxylic acids is 8. The topological polar surface area (TPSA) is 266 Å². The number of hydrogen-bond acceptors (Lipinski definition) is 17. The molecular weight excluding hydrogens is 1120 g/mol. The van der Waals surface area contributed by atoms with Crippen molar-refractivity contribution >= 4 is 52.7 Å². The molecule has 0 atom stereocenters. The molecule has 0 radical (unpaired) electrons. The van der Waals surface area contributed by atoms with Crippen molar-refractivity contribution in [3.63, 3.8) is 0 Å². The first-order chi connectivity index (χ1) is 40.8. The summed E-state index contributed by atoms with van der Waals surface area (Å²) in [5, 5.41) is 20.5. The van der Waals surface area contributed by atoms with Crippen molar-refractivity contribution in [1.29, 1.82) is 0 Å². The first-order valence-corrected chi connectivity index (χ1v) is 26.8. The summed E-state index contributed by atoms with van der Waals surface area (Å²) in [6.07, 6.45) is 1.47. The van der Waals surface area contributed by atoms with Crippen molar-refractivity contribution in [3.8, 4) is 0 Å². The Morgan fingerprint density at radius 1 is 0.553 bits per heavy atom. The van der Waals surface area contributed by atoms with Gasteiger partial charge in [-0.2, -0.15) is 0 Å². The van der Waals surface area contributed by atoms with Crippen molar-refractivity contribution in [2.45, 2.75) is 26.2 Å². The fourth-order valence-corrected chi connectivity index (χ4v) is 9.30. The number of morpholine rings is 3. The molecule has 0 unspecified atom stereocenters. The highest BCUT2D eigenvalue weighted by Crippen LogP contribution is 2.29. The number of ketones is 3. The van der Waals surface area contributed by atoms with Gasteiger partial charge in [0, 0.05) is 95.3 Å². The van der Waals surface area contributed by atoms with Crippen molar-refractivity contribution in [1.82, 2.24) is 19.6 Å². The molecule has 0 aliphatic carbocycles. The van der Waals surface area contributed by atoms with Gasteiger partial charge in [-0.3, -0.25) is 33.6 Å². The predicted octanol–water partition coefficient (Wildman–Crippen LogP) is 6.76. The van der Waals surface area contributed by atoms with Gasteiger partial charge in [-0.15, -0.1) is 0 Å². The zero-order valence-electron chi connectivity index (χ0n) is 46.5. The van der Waals surface area contributed by atoms with Crippen molar-refractivity contribution in [2.24, 2.45) is 0 Å². The lowest BCUT2D eigenvalue weighted by molar-refractivity contribution is -0.149. The number of methoxy groups -OCH3 is 1. The average molecular weight is 1180 g/mol. The number of nitrogens with zero attached hydrogens (tertiary/aromatic N) is 4. The SMILES string of the molecule is CC(=O)c1oc(C(=O)N2CCOCC2)cc1Cc1ccc(F)cc1.CN1CC(C(=O)c2oc(C(=O)N3CCOCC3)cc2Cc2ccc(F)cc2)=C(O)C1=O.COC(=O)C(=O)C=C(O)c1oc(C(=O)N2CCOCC2)cc1Cc1ccc(F)cc1. The molecule has 24 heteroatoms. The minimum Gasteiger partial charge on any atom is -0.504 e. The maximum atomic E-state index is 13.3. The zero-order valence-corrected chi connectivity index (χ0v) is 46.5. The molecular formula is C61H59F3N4O17. The molecule has 0 saturated carbocycles. The summed E-state index contributed by atoms with van der Waals surface area (Å²) in [7, 11) is 2.50. The summed E-state index contributed by atoms with van der Waals surface area (Å²) in [6.45, 7) is 6.56. The van der Waals surface area contributed by atoms with Gasteiger partial charge in [-0.1, -0.05) is 36.4 Å². The van der Waals surface area contributed by atoms with Crippen LogP contribution in [0, 0.1) is 17.5 Å². The standard InChI is InChI=1S/C22H21FN2O6.C21H20FNO7.C18H18FNO4/c1-24-12-16(19(27)22(24)29)18(26)20-14(10-13-2-4-15(23)5-3-13)11-17(31-20)21(28)25-6-8-30-9-7-25;1-28-21(27)17(25)12-16(24)19-14(10-13-2-4-15(22)5-3-13)11-18(30-19)20(26)23-6-8-29-9-7-23;1-12(21)17-14(10-13-2-4-15(19)5-3-13)11-16(24-17)18(22)20-6-8-23-9-7-20/h2-5,11,27H,6-10,12H2,1H3;2-5,11-12,24H,6-10H2,1H3;2-5,11H,6-10H2,1H3. The summed E-state index contributed by atoms with van der Waals surface area (Å²) in [4.78, 5) is 104. The molecule has 7 heterocycles. The molecule has 3 aromatic heterocycles. The second-order valence-electron chi connectivity index (χ2n) is 19.8. The molecule has 3 saturated heterocycles. The number of aliphatic hydroxyl groups excluding tert-OH is 2. The van der Waals surface area contributed by atoms with Gasteiger partial charge in [0.1, 0.15) is 17.5 Å². The number of halogens is 3. The Hall–Kier alpha value is -9.39. The van der Waals surface area contributed by atoms with Crippen LogP contribution in [0.25, 0.3) is 5.76 Å². The van der Waals surface area contributed by atoms with E-state index in [-0.39, 0.29) is 82.9 Å². The number of carbonyl (C=O) groups is 8. The van der Waals surface area contributed by atoms with Gasteiger partial charge >= 0.3 is 5.97 Å². The van der Waals surface area contributed by atoms with Gasteiger partial charge in [-0.25, -0.2) is 18.0 Å². The molecule has 0 spiro atoms. The number of aliphatic hydroxyl groups is 2. The molecule has 0 bridgehead atoms. The van der Waals surface area contributed by atoms with E-state index in [0.29, 0.717) is 119 Å². The van der Waals surface area contributed by atoms with Crippen LogP contribution < -0.4 is 0 Å². The van der Waals surface area contributed by atoms with Crippen LogP contribution in [-0.4, -0.2) is 176 Å². The lowest BCUT2D eigenvalue weighted by Gasteiger charge is -2.25. The maximum absolute atomic E-state index is 13.3. The lowest BCUT2D eigenvalue weighted by Crippen LogP contribution is -2.40.